The molecule has 1 aliphatic rings. The maximum absolute atomic E-state index is 12.0. The van der Waals surface area contributed by atoms with Crippen molar-refractivity contribution >= 4 is 16.0 Å². The normalized spacial score (nSPS) is 19.8. The predicted octanol–water partition coefficient (Wildman–Crippen LogP) is 1.05. The molecular formula is C7H11FO3S. The highest BCUT2D eigenvalue weighted by atomic mass is 32.3. The van der Waals surface area contributed by atoms with Crippen molar-refractivity contribution in [1.82, 2.24) is 0 Å². The Balaban J connectivity index is 2.48. The van der Waals surface area contributed by atoms with E-state index in [4.69, 9.17) is 0 Å². The van der Waals surface area contributed by atoms with Crippen LogP contribution in [-0.4, -0.2) is 20.0 Å². The van der Waals surface area contributed by atoms with E-state index in [0.29, 0.717) is 12.8 Å². The lowest BCUT2D eigenvalue weighted by Crippen LogP contribution is -2.19. The summed E-state index contributed by atoms with van der Waals surface area (Å²) in [5.41, 5.74) is 0. The van der Waals surface area contributed by atoms with Crippen LogP contribution in [0.5, 0.6) is 0 Å². The fraction of sp³-hybridized carbons (Fsp3) is 0.857. The van der Waals surface area contributed by atoms with Crippen LogP contribution in [0.25, 0.3) is 0 Å². The molecular weight excluding hydrogens is 183 g/mol. The average Bonchev–Trinajstić information content (AvgIpc) is 2.32. The number of carbonyl (C=O) groups excluding carboxylic acids is 1. The summed E-state index contributed by atoms with van der Waals surface area (Å²) in [5.74, 6) is -1.61. The SMILES string of the molecule is O=C(CS(=O)(=O)F)C1CCCC1. The molecule has 0 aromatic heterocycles. The molecule has 0 aromatic rings. The quantitative estimate of drug-likeness (QED) is 0.631. The minimum atomic E-state index is -4.61. The van der Waals surface area contributed by atoms with Crippen LogP contribution in [0.15, 0.2) is 0 Å². The zero-order chi connectivity index (χ0) is 9.19. The summed E-state index contributed by atoms with van der Waals surface area (Å²) in [6, 6.07) is 0. The van der Waals surface area contributed by atoms with E-state index in [1.54, 1.807) is 0 Å². The maximum atomic E-state index is 12.0. The highest BCUT2D eigenvalue weighted by Crippen LogP contribution is 2.25. The molecule has 0 spiro atoms. The predicted molar refractivity (Wildman–Crippen MR) is 41.9 cm³/mol. The van der Waals surface area contributed by atoms with Crippen LogP contribution in [0.3, 0.4) is 0 Å². The van der Waals surface area contributed by atoms with Crippen LogP contribution < -0.4 is 0 Å². The molecule has 0 amide bonds. The summed E-state index contributed by atoms with van der Waals surface area (Å²) in [6.45, 7) is 0. The van der Waals surface area contributed by atoms with Crippen molar-refractivity contribution < 1.29 is 17.1 Å². The van der Waals surface area contributed by atoms with Gasteiger partial charge in [0.25, 0.3) is 0 Å². The number of ketones is 1. The molecule has 5 heteroatoms. The third kappa shape index (κ3) is 2.89. The molecule has 0 aliphatic heterocycles. The smallest absolute Gasteiger partial charge is 0.298 e. The van der Waals surface area contributed by atoms with Gasteiger partial charge in [-0.3, -0.25) is 4.79 Å². The number of hydrogen-bond acceptors (Lipinski definition) is 3. The summed E-state index contributed by atoms with van der Waals surface area (Å²) in [7, 11) is -4.61. The van der Waals surface area contributed by atoms with Gasteiger partial charge in [-0.15, -0.1) is 3.89 Å². The molecule has 0 radical (unpaired) electrons. The van der Waals surface area contributed by atoms with Gasteiger partial charge in [0.05, 0.1) is 0 Å². The van der Waals surface area contributed by atoms with E-state index in [1.807, 2.05) is 0 Å². The number of rotatable bonds is 3. The van der Waals surface area contributed by atoms with E-state index in [-0.39, 0.29) is 5.92 Å². The molecule has 1 aliphatic carbocycles. The van der Waals surface area contributed by atoms with Crippen LogP contribution in [0.2, 0.25) is 0 Å². The van der Waals surface area contributed by atoms with Crippen molar-refractivity contribution in [2.45, 2.75) is 25.7 Å². The molecule has 0 unspecified atom stereocenters. The van der Waals surface area contributed by atoms with Gasteiger partial charge in [0.1, 0.15) is 5.75 Å². The number of hydrogen-bond donors (Lipinski definition) is 0. The molecule has 0 heterocycles. The standard InChI is InChI=1S/C7H11FO3S/c8-12(10,11)5-7(9)6-3-1-2-4-6/h6H,1-5H2. The molecule has 3 nitrogen and oxygen atoms in total. The van der Waals surface area contributed by atoms with Gasteiger partial charge < -0.3 is 0 Å². The largest absolute Gasteiger partial charge is 0.309 e. The van der Waals surface area contributed by atoms with Gasteiger partial charge in [0.15, 0.2) is 5.78 Å². The summed E-state index contributed by atoms with van der Waals surface area (Å²) in [5, 5.41) is 0. The minimum absolute atomic E-state index is 0.212. The first-order valence-corrected chi connectivity index (χ1v) is 5.49. The van der Waals surface area contributed by atoms with Crippen molar-refractivity contribution in [3.8, 4) is 0 Å². The Morgan fingerprint density at radius 1 is 1.33 bits per heavy atom. The Morgan fingerprint density at radius 3 is 2.25 bits per heavy atom. The zero-order valence-electron chi connectivity index (χ0n) is 6.62. The van der Waals surface area contributed by atoms with E-state index >= 15 is 0 Å². The Kier molecular flexibility index (Phi) is 2.82. The molecule has 0 bridgehead atoms. The second kappa shape index (κ2) is 3.51. The van der Waals surface area contributed by atoms with Gasteiger partial charge in [-0.2, -0.15) is 8.42 Å². The van der Waals surface area contributed by atoms with Gasteiger partial charge in [0, 0.05) is 5.92 Å². The number of Topliss-reactive ketones (excluding diaryl/α,β-unsaturated/α-hetero) is 1. The molecule has 0 atom stereocenters. The number of halogens is 1. The molecule has 12 heavy (non-hydrogen) atoms. The Hall–Kier alpha value is -0.450. The first-order chi connectivity index (χ1) is 5.49. The van der Waals surface area contributed by atoms with Crippen LogP contribution in [0, 0.1) is 5.92 Å². The van der Waals surface area contributed by atoms with E-state index in [1.165, 1.54) is 0 Å². The zero-order valence-corrected chi connectivity index (χ0v) is 7.44. The Bertz CT molecular complexity index is 264. The molecule has 1 rings (SSSR count). The lowest BCUT2D eigenvalue weighted by atomic mass is 10.0. The first-order valence-electron chi connectivity index (χ1n) is 3.94. The summed E-state index contributed by atoms with van der Waals surface area (Å²) in [4.78, 5) is 11.0. The highest BCUT2D eigenvalue weighted by molar-refractivity contribution is 7.87. The fourth-order valence-corrected chi connectivity index (χ4v) is 2.11. The molecule has 0 N–H and O–H groups in total. The molecule has 70 valence electrons. The second-order valence-electron chi connectivity index (χ2n) is 3.13. The van der Waals surface area contributed by atoms with E-state index in [2.05, 4.69) is 0 Å². The lowest BCUT2D eigenvalue weighted by molar-refractivity contribution is -0.120. The van der Waals surface area contributed by atoms with Crippen LogP contribution >= 0.6 is 0 Å². The van der Waals surface area contributed by atoms with Gasteiger partial charge in [-0.1, -0.05) is 12.8 Å². The minimum Gasteiger partial charge on any atom is -0.298 e. The van der Waals surface area contributed by atoms with E-state index < -0.39 is 21.8 Å². The van der Waals surface area contributed by atoms with Gasteiger partial charge in [-0.05, 0) is 12.8 Å². The van der Waals surface area contributed by atoms with Gasteiger partial charge >= 0.3 is 10.2 Å². The average molecular weight is 194 g/mol. The summed E-state index contributed by atoms with van der Waals surface area (Å²) in [6.07, 6.45) is 3.33. The van der Waals surface area contributed by atoms with Gasteiger partial charge in [-0.25, -0.2) is 0 Å². The van der Waals surface area contributed by atoms with Crippen molar-refractivity contribution in [1.29, 1.82) is 0 Å². The number of carbonyl (C=O) groups is 1. The van der Waals surface area contributed by atoms with Crippen molar-refractivity contribution in [3.63, 3.8) is 0 Å². The van der Waals surface area contributed by atoms with Crippen molar-refractivity contribution in [2.75, 3.05) is 5.75 Å². The van der Waals surface area contributed by atoms with E-state index in [0.717, 1.165) is 12.8 Å². The highest BCUT2D eigenvalue weighted by Gasteiger charge is 2.26. The van der Waals surface area contributed by atoms with Crippen LogP contribution in [0.1, 0.15) is 25.7 Å². The Labute approximate surface area is 71.2 Å². The van der Waals surface area contributed by atoms with Crippen LogP contribution in [-0.2, 0) is 15.0 Å². The molecule has 0 saturated heterocycles. The van der Waals surface area contributed by atoms with Crippen molar-refractivity contribution in [2.24, 2.45) is 5.92 Å². The fourth-order valence-electron chi connectivity index (χ4n) is 1.54. The lowest BCUT2D eigenvalue weighted by Gasteiger charge is -2.03. The maximum Gasteiger partial charge on any atom is 0.309 e. The van der Waals surface area contributed by atoms with Crippen LogP contribution in [0.4, 0.5) is 3.89 Å². The molecule has 1 saturated carbocycles. The third-order valence-corrected chi connectivity index (χ3v) is 2.75. The first kappa shape index (κ1) is 9.64. The van der Waals surface area contributed by atoms with Crippen molar-refractivity contribution in [3.05, 3.63) is 0 Å². The molecule has 1 fully saturated rings. The van der Waals surface area contributed by atoms with Gasteiger partial charge in [0.2, 0.25) is 0 Å². The summed E-state index contributed by atoms with van der Waals surface area (Å²) < 4.78 is 32.3. The third-order valence-electron chi connectivity index (χ3n) is 2.13. The monoisotopic (exact) mass is 194 g/mol. The summed E-state index contributed by atoms with van der Waals surface area (Å²) >= 11 is 0. The second-order valence-corrected chi connectivity index (χ2v) is 4.50. The van der Waals surface area contributed by atoms with E-state index in [9.17, 15) is 17.1 Å². The Morgan fingerprint density at radius 2 is 1.83 bits per heavy atom. The molecule has 0 aromatic carbocycles. The topological polar surface area (TPSA) is 51.2 Å².